The molecular formula is C23H27NO3. The second-order valence-corrected chi connectivity index (χ2v) is 7.40. The van der Waals surface area contributed by atoms with Gasteiger partial charge in [-0.15, -0.1) is 0 Å². The summed E-state index contributed by atoms with van der Waals surface area (Å²) in [5, 5.41) is 19.8. The van der Waals surface area contributed by atoms with Crippen molar-refractivity contribution in [1.82, 2.24) is 0 Å². The van der Waals surface area contributed by atoms with E-state index in [2.05, 4.69) is 24.3 Å². The number of rotatable bonds is 5. The molecule has 1 aliphatic rings. The number of hydrogen-bond acceptors (Lipinski definition) is 4. The van der Waals surface area contributed by atoms with E-state index >= 15 is 0 Å². The van der Waals surface area contributed by atoms with Crippen LogP contribution in [-0.4, -0.2) is 16.0 Å². The molecule has 142 valence electrons. The molecule has 2 aromatic rings. The van der Waals surface area contributed by atoms with Crippen LogP contribution in [0.1, 0.15) is 65.1 Å². The maximum Gasteiger partial charge on any atom is 0.170 e. The van der Waals surface area contributed by atoms with Gasteiger partial charge < -0.3 is 15.9 Å². The second-order valence-electron chi connectivity index (χ2n) is 7.40. The van der Waals surface area contributed by atoms with Crippen LogP contribution < -0.4 is 5.73 Å². The number of ketones is 1. The Bertz CT molecular complexity index is 870. The number of carbonyl (C=O) groups is 1. The SMILES string of the molecule is Cc1cc(O)c(O)c(C(=O)CC2=CCCC(c3cccc(CN)c3)CC2)c1. The van der Waals surface area contributed by atoms with Crippen molar-refractivity contribution in [3.63, 3.8) is 0 Å². The summed E-state index contributed by atoms with van der Waals surface area (Å²) in [4.78, 5) is 12.7. The van der Waals surface area contributed by atoms with Gasteiger partial charge in [0.05, 0.1) is 5.56 Å². The number of allylic oxidation sites excluding steroid dienone is 2. The minimum absolute atomic E-state index is 0.152. The molecule has 0 amide bonds. The molecule has 0 bridgehead atoms. The topological polar surface area (TPSA) is 83.5 Å². The number of nitrogens with two attached hydrogens (primary N) is 1. The van der Waals surface area contributed by atoms with Crippen LogP contribution in [0.3, 0.4) is 0 Å². The van der Waals surface area contributed by atoms with Gasteiger partial charge in [0.25, 0.3) is 0 Å². The predicted octanol–water partition coefficient (Wildman–Crippen LogP) is 4.72. The molecule has 4 heteroatoms. The molecule has 0 aromatic heterocycles. The average molecular weight is 365 g/mol. The van der Waals surface area contributed by atoms with Crippen LogP contribution in [0.2, 0.25) is 0 Å². The highest BCUT2D eigenvalue weighted by molar-refractivity contribution is 6.00. The fourth-order valence-electron chi connectivity index (χ4n) is 3.84. The summed E-state index contributed by atoms with van der Waals surface area (Å²) in [6, 6.07) is 11.5. The maximum atomic E-state index is 12.7. The van der Waals surface area contributed by atoms with Gasteiger partial charge in [-0.2, -0.15) is 0 Å². The number of phenolic OH excluding ortho intramolecular Hbond substituents is 2. The summed E-state index contributed by atoms with van der Waals surface area (Å²) < 4.78 is 0. The van der Waals surface area contributed by atoms with Crippen LogP contribution in [0.25, 0.3) is 0 Å². The van der Waals surface area contributed by atoms with Crippen molar-refractivity contribution in [3.8, 4) is 11.5 Å². The number of benzene rings is 2. The van der Waals surface area contributed by atoms with Crippen molar-refractivity contribution in [2.45, 2.75) is 51.5 Å². The van der Waals surface area contributed by atoms with E-state index in [9.17, 15) is 15.0 Å². The van der Waals surface area contributed by atoms with Crippen molar-refractivity contribution < 1.29 is 15.0 Å². The zero-order valence-electron chi connectivity index (χ0n) is 15.7. The lowest BCUT2D eigenvalue weighted by atomic mass is 9.89. The smallest absolute Gasteiger partial charge is 0.170 e. The Hall–Kier alpha value is -2.59. The van der Waals surface area contributed by atoms with Gasteiger partial charge in [0, 0.05) is 13.0 Å². The third-order valence-corrected chi connectivity index (χ3v) is 5.34. The minimum Gasteiger partial charge on any atom is -0.504 e. The number of aryl methyl sites for hydroxylation is 1. The fourth-order valence-corrected chi connectivity index (χ4v) is 3.84. The first-order valence-corrected chi connectivity index (χ1v) is 9.50. The summed E-state index contributed by atoms with van der Waals surface area (Å²) in [6.45, 7) is 2.34. The highest BCUT2D eigenvalue weighted by atomic mass is 16.3. The molecule has 4 N–H and O–H groups in total. The summed E-state index contributed by atoms with van der Waals surface area (Å²) in [5.41, 5.74) is 10.3. The molecule has 0 heterocycles. The number of phenols is 2. The van der Waals surface area contributed by atoms with E-state index in [0.717, 1.165) is 42.4 Å². The van der Waals surface area contributed by atoms with E-state index in [1.165, 1.54) is 11.6 Å². The van der Waals surface area contributed by atoms with Gasteiger partial charge in [0.15, 0.2) is 17.3 Å². The van der Waals surface area contributed by atoms with E-state index in [1.807, 2.05) is 6.07 Å². The zero-order chi connectivity index (χ0) is 19.4. The Morgan fingerprint density at radius 3 is 2.78 bits per heavy atom. The summed E-state index contributed by atoms with van der Waals surface area (Å²) in [5.74, 6) is -0.248. The lowest BCUT2D eigenvalue weighted by Crippen LogP contribution is -2.03. The Morgan fingerprint density at radius 1 is 1.19 bits per heavy atom. The van der Waals surface area contributed by atoms with Gasteiger partial charge in [-0.3, -0.25) is 4.79 Å². The minimum atomic E-state index is -0.323. The fraction of sp³-hybridized carbons (Fsp3) is 0.348. The molecule has 0 saturated heterocycles. The van der Waals surface area contributed by atoms with Crippen molar-refractivity contribution in [1.29, 1.82) is 0 Å². The van der Waals surface area contributed by atoms with Gasteiger partial charge >= 0.3 is 0 Å². The van der Waals surface area contributed by atoms with Gasteiger partial charge in [-0.1, -0.05) is 35.9 Å². The third-order valence-electron chi connectivity index (χ3n) is 5.34. The zero-order valence-corrected chi connectivity index (χ0v) is 15.7. The lowest BCUT2D eigenvalue weighted by Gasteiger charge is -2.16. The Morgan fingerprint density at radius 2 is 2.00 bits per heavy atom. The van der Waals surface area contributed by atoms with Crippen LogP contribution in [-0.2, 0) is 6.54 Å². The number of aromatic hydroxyl groups is 2. The molecule has 27 heavy (non-hydrogen) atoms. The molecule has 3 rings (SSSR count). The van der Waals surface area contributed by atoms with E-state index in [0.29, 0.717) is 12.5 Å². The van der Waals surface area contributed by atoms with Crippen LogP contribution >= 0.6 is 0 Å². The normalized spacial score (nSPS) is 17.3. The Kier molecular flexibility index (Phi) is 5.97. The molecule has 4 nitrogen and oxygen atoms in total. The first-order chi connectivity index (χ1) is 13.0. The van der Waals surface area contributed by atoms with E-state index in [-0.39, 0.29) is 29.3 Å². The van der Waals surface area contributed by atoms with E-state index in [1.54, 1.807) is 13.0 Å². The first kappa shape index (κ1) is 19.2. The molecule has 0 fully saturated rings. The average Bonchev–Trinajstić information content (AvgIpc) is 2.90. The van der Waals surface area contributed by atoms with Crippen molar-refractivity contribution in [2.24, 2.45) is 5.73 Å². The molecular weight excluding hydrogens is 338 g/mol. The summed E-state index contributed by atoms with van der Waals surface area (Å²) in [7, 11) is 0. The Labute approximate surface area is 160 Å². The molecule has 1 aliphatic carbocycles. The molecule has 0 saturated carbocycles. The highest BCUT2D eigenvalue weighted by Gasteiger charge is 2.20. The molecule has 2 aromatic carbocycles. The van der Waals surface area contributed by atoms with Gasteiger partial charge in [0.2, 0.25) is 0 Å². The van der Waals surface area contributed by atoms with Crippen molar-refractivity contribution >= 4 is 5.78 Å². The monoisotopic (exact) mass is 365 g/mol. The van der Waals surface area contributed by atoms with Gasteiger partial charge in [0.1, 0.15) is 0 Å². The number of hydrogen-bond donors (Lipinski definition) is 3. The van der Waals surface area contributed by atoms with E-state index < -0.39 is 0 Å². The van der Waals surface area contributed by atoms with Crippen molar-refractivity contribution in [3.05, 3.63) is 70.3 Å². The molecule has 0 radical (unpaired) electrons. The predicted molar refractivity (Wildman–Crippen MR) is 107 cm³/mol. The quantitative estimate of drug-likeness (QED) is 0.407. The van der Waals surface area contributed by atoms with Crippen LogP contribution in [0.15, 0.2) is 48.0 Å². The standard InChI is InChI=1S/C23H27NO3/c1-15-10-20(23(27)22(26)11-15)21(25)13-16-4-2-6-18(9-8-16)19-7-3-5-17(12-19)14-24/h3-5,7,10-12,18,26-27H,2,6,8-9,13-14,24H2,1H3. The molecule has 1 atom stereocenters. The molecule has 0 spiro atoms. The molecule has 1 unspecified atom stereocenters. The highest BCUT2D eigenvalue weighted by Crippen LogP contribution is 2.35. The molecule has 0 aliphatic heterocycles. The first-order valence-electron chi connectivity index (χ1n) is 9.50. The number of Topliss-reactive ketones (excluding diaryl/α,β-unsaturated/α-hetero) is 1. The number of carbonyl (C=O) groups excluding carboxylic acids is 1. The van der Waals surface area contributed by atoms with Gasteiger partial charge in [-0.25, -0.2) is 0 Å². The Balaban J connectivity index is 1.68. The lowest BCUT2D eigenvalue weighted by molar-refractivity contribution is 0.0988. The van der Waals surface area contributed by atoms with Gasteiger partial charge in [-0.05, 0) is 67.3 Å². The summed E-state index contributed by atoms with van der Waals surface area (Å²) >= 11 is 0. The van der Waals surface area contributed by atoms with Crippen LogP contribution in [0.5, 0.6) is 11.5 Å². The van der Waals surface area contributed by atoms with Crippen LogP contribution in [0, 0.1) is 6.92 Å². The largest absolute Gasteiger partial charge is 0.504 e. The van der Waals surface area contributed by atoms with E-state index in [4.69, 9.17) is 5.73 Å². The van der Waals surface area contributed by atoms with Crippen molar-refractivity contribution in [2.75, 3.05) is 0 Å². The van der Waals surface area contributed by atoms with Crippen LogP contribution in [0.4, 0.5) is 0 Å². The third kappa shape index (κ3) is 4.58. The summed E-state index contributed by atoms with van der Waals surface area (Å²) in [6.07, 6.45) is 6.30. The second kappa shape index (κ2) is 8.40. The maximum absolute atomic E-state index is 12.7.